The number of hydrogen-bond acceptors (Lipinski definition) is 3. The van der Waals surface area contributed by atoms with Crippen molar-refractivity contribution in [2.75, 3.05) is 18.4 Å². The first-order chi connectivity index (χ1) is 11.7. The summed E-state index contributed by atoms with van der Waals surface area (Å²) in [6, 6.07) is 11.9. The molecule has 4 nitrogen and oxygen atoms in total. The lowest BCUT2D eigenvalue weighted by Gasteiger charge is -2.32. The molecule has 122 valence electrons. The van der Waals surface area contributed by atoms with Gasteiger partial charge in [0.1, 0.15) is 6.04 Å². The van der Waals surface area contributed by atoms with Crippen molar-refractivity contribution in [1.29, 1.82) is 5.26 Å². The number of thiophene rings is 1. The molecule has 0 saturated heterocycles. The molecule has 2 heterocycles. The highest BCUT2D eigenvalue weighted by Crippen LogP contribution is 2.42. The van der Waals surface area contributed by atoms with Crippen LogP contribution in [0.4, 0.5) is 5.69 Å². The molecule has 2 N–H and O–H groups in total. The average Bonchev–Trinajstić information content (AvgIpc) is 3.31. The zero-order valence-corrected chi connectivity index (χ0v) is 14.2. The van der Waals surface area contributed by atoms with E-state index in [-0.39, 0.29) is 5.91 Å². The maximum Gasteiger partial charge on any atom is 0.279 e. The van der Waals surface area contributed by atoms with Gasteiger partial charge in [-0.1, -0.05) is 6.07 Å². The van der Waals surface area contributed by atoms with Crippen LogP contribution >= 0.6 is 11.3 Å². The number of rotatable bonds is 4. The van der Waals surface area contributed by atoms with Crippen LogP contribution in [0.1, 0.15) is 34.9 Å². The van der Waals surface area contributed by atoms with Crippen molar-refractivity contribution < 1.29 is 9.69 Å². The van der Waals surface area contributed by atoms with Crippen LogP contribution < -0.4 is 10.2 Å². The Bertz CT molecular complexity index is 803. The molecule has 2 aromatic rings. The summed E-state index contributed by atoms with van der Waals surface area (Å²) in [5, 5.41) is 14.1. The maximum atomic E-state index is 12.5. The minimum absolute atomic E-state index is 0.0319. The largest absolute Gasteiger partial charge is 0.321 e. The van der Waals surface area contributed by atoms with Gasteiger partial charge in [0.15, 0.2) is 6.54 Å². The second-order valence-electron chi connectivity index (χ2n) is 6.69. The van der Waals surface area contributed by atoms with Crippen molar-refractivity contribution >= 4 is 22.9 Å². The number of nitrogens with one attached hydrogen (secondary N) is 2. The molecule has 0 radical (unpaired) electrons. The summed E-state index contributed by atoms with van der Waals surface area (Å²) in [6.45, 7) is 1.52. The molecule has 0 spiro atoms. The van der Waals surface area contributed by atoms with Gasteiger partial charge in [0.05, 0.1) is 18.2 Å². The third-order valence-corrected chi connectivity index (χ3v) is 5.98. The number of fused-ring (bicyclic) bond motifs is 1. The standard InChI is InChI=1S/C19H19N3OS/c20-11-13-2-1-3-15(10-13)21-18(23)12-22-8-6-17-16(7-9-24-17)19(22)14-4-5-14/h1-3,7,9-10,14,19H,4-6,8,12H2,(H,21,23)/p+1/t19-/m1/s1. The van der Waals surface area contributed by atoms with Gasteiger partial charge in [0.25, 0.3) is 5.91 Å². The fraction of sp³-hybridized carbons (Fsp3) is 0.368. The molecule has 5 heteroatoms. The normalized spacial score (nSPS) is 22.5. The summed E-state index contributed by atoms with van der Waals surface area (Å²) in [7, 11) is 0. The first-order valence-electron chi connectivity index (χ1n) is 8.45. The van der Waals surface area contributed by atoms with Gasteiger partial charge < -0.3 is 10.2 Å². The number of carbonyl (C=O) groups excluding carboxylic acids is 1. The van der Waals surface area contributed by atoms with E-state index in [2.05, 4.69) is 22.8 Å². The van der Waals surface area contributed by atoms with Gasteiger partial charge in [0.2, 0.25) is 0 Å². The van der Waals surface area contributed by atoms with E-state index in [1.54, 1.807) is 18.2 Å². The minimum atomic E-state index is 0.0319. The molecule has 1 saturated carbocycles. The van der Waals surface area contributed by atoms with Crippen LogP contribution in [0.3, 0.4) is 0 Å². The van der Waals surface area contributed by atoms with Gasteiger partial charge in [-0.15, -0.1) is 11.3 Å². The first kappa shape index (κ1) is 15.4. The minimum Gasteiger partial charge on any atom is -0.321 e. The summed E-state index contributed by atoms with van der Waals surface area (Å²) < 4.78 is 0. The fourth-order valence-electron chi connectivity index (χ4n) is 3.77. The fourth-order valence-corrected chi connectivity index (χ4v) is 4.70. The van der Waals surface area contributed by atoms with Crippen LogP contribution in [0.5, 0.6) is 0 Å². The van der Waals surface area contributed by atoms with Crippen molar-refractivity contribution in [1.82, 2.24) is 0 Å². The number of nitrogens with zero attached hydrogens (tertiary/aromatic N) is 1. The number of quaternary nitrogens is 1. The molecule has 1 aromatic carbocycles. The number of carbonyl (C=O) groups is 1. The lowest BCUT2D eigenvalue weighted by atomic mass is 9.96. The van der Waals surface area contributed by atoms with Gasteiger partial charge in [-0.3, -0.25) is 4.79 Å². The molecule has 1 aromatic heterocycles. The number of anilines is 1. The molecule has 1 amide bonds. The molecule has 2 atom stereocenters. The Labute approximate surface area is 145 Å². The van der Waals surface area contributed by atoms with Gasteiger partial charge in [-0.05, 0) is 42.5 Å². The molecule has 1 unspecified atom stereocenters. The predicted octanol–water partition coefficient (Wildman–Crippen LogP) is 2.15. The van der Waals surface area contributed by atoms with E-state index in [1.807, 2.05) is 17.4 Å². The Morgan fingerprint density at radius 1 is 1.38 bits per heavy atom. The summed E-state index contributed by atoms with van der Waals surface area (Å²) in [6.07, 6.45) is 3.65. The van der Waals surface area contributed by atoms with Crippen LogP contribution in [-0.4, -0.2) is 19.0 Å². The lowest BCUT2D eigenvalue weighted by molar-refractivity contribution is -0.928. The van der Waals surface area contributed by atoms with E-state index in [9.17, 15) is 4.79 Å². The third kappa shape index (κ3) is 3.08. The summed E-state index contributed by atoms with van der Waals surface area (Å²) in [5.74, 6) is 0.771. The molecule has 1 aliphatic heterocycles. The quantitative estimate of drug-likeness (QED) is 0.897. The van der Waals surface area contributed by atoms with E-state index in [1.165, 1.54) is 28.2 Å². The highest BCUT2D eigenvalue weighted by molar-refractivity contribution is 7.10. The van der Waals surface area contributed by atoms with Gasteiger partial charge in [-0.2, -0.15) is 5.26 Å². The molecular formula is C19H20N3OS+. The second-order valence-corrected chi connectivity index (χ2v) is 7.69. The molecule has 1 aliphatic carbocycles. The predicted molar refractivity (Wildman–Crippen MR) is 94.0 cm³/mol. The molecular weight excluding hydrogens is 318 g/mol. The van der Waals surface area contributed by atoms with Crippen molar-refractivity contribution in [3.8, 4) is 6.07 Å². The highest BCUT2D eigenvalue weighted by atomic mass is 32.1. The molecule has 24 heavy (non-hydrogen) atoms. The average molecular weight is 338 g/mol. The summed E-state index contributed by atoms with van der Waals surface area (Å²) in [5.41, 5.74) is 2.74. The van der Waals surface area contributed by atoms with Gasteiger partial charge in [-0.25, -0.2) is 0 Å². The monoisotopic (exact) mass is 338 g/mol. The van der Waals surface area contributed by atoms with Crippen LogP contribution in [0.25, 0.3) is 0 Å². The zero-order valence-electron chi connectivity index (χ0n) is 13.4. The van der Waals surface area contributed by atoms with E-state index in [0.29, 0.717) is 23.8 Å². The van der Waals surface area contributed by atoms with Crippen LogP contribution in [-0.2, 0) is 11.2 Å². The molecule has 4 rings (SSSR count). The maximum absolute atomic E-state index is 12.5. The van der Waals surface area contributed by atoms with E-state index >= 15 is 0 Å². The van der Waals surface area contributed by atoms with E-state index in [4.69, 9.17) is 5.26 Å². The molecule has 2 aliphatic rings. The second kappa shape index (κ2) is 6.39. The van der Waals surface area contributed by atoms with Gasteiger partial charge in [0, 0.05) is 28.5 Å². The SMILES string of the molecule is N#Cc1cccc(NC(=O)C[NH+]2CCc3sccc3[C@H]2C2CC2)c1. The highest BCUT2D eigenvalue weighted by Gasteiger charge is 2.43. The van der Waals surface area contributed by atoms with Crippen LogP contribution in [0.2, 0.25) is 0 Å². The topological polar surface area (TPSA) is 57.3 Å². The van der Waals surface area contributed by atoms with Crippen LogP contribution in [0, 0.1) is 17.2 Å². The van der Waals surface area contributed by atoms with Crippen molar-refractivity contribution in [3.05, 3.63) is 51.7 Å². The third-order valence-electron chi connectivity index (χ3n) is 4.98. The zero-order chi connectivity index (χ0) is 16.5. The Morgan fingerprint density at radius 3 is 3.04 bits per heavy atom. The number of amides is 1. The Kier molecular flexibility index (Phi) is 4.09. The Hall–Kier alpha value is -2.16. The van der Waals surface area contributed by atoms with Crippen LogP contribution in [0.15, 0.2) is 35.7 Å². The summed E-state index contributed by atoms with van der Waals surface area (Å²) >= 11 is 1.86. The molecule has 1 fully saturated rings. The number of benzene rings is 1. The Balaban J connectivity index is 1.46. The Morgan fingerprint density at radius 2 is 2.25 bits per heavy atom. The number of hydrogen-bond donors (Lipinski definition) is 2. The lowest BCUT2D eigenvalue weighted by Crippen LogP contribution is -3.14. The van der Waals surface area contributed by atoms with Crippen molar-refractivity contribution in [3.63, 3.8) is 0 Å². The number of nitriles is 1. The van der Waals surface area contributed by atoms with Crippen molar-refractivity contribution in [2.45, 2.75) is 25.3 Å². The summed E-state index contributed by atoms with van der Waals surface area (Å²) in [4.78, 5) is 15.4. The smallest absolute Gasteiger partial charge is 0.279 e. The van der Waals surface area contributed by atoms with Gasteiger partial charge >= 0.3 is 0 Å². The first-order valence-corrected chi connectivity index (χ1v) is 9.33. The van der Waals surface area contributed by atoms with E-state index in [0.717, 1.165) is 18.9 Å². The van der Waals surface area contributed by atoms with Crippen molar-refractivity contribution in [2.24, 2.45) is 5.92 Å². The van der Waals surface area contributed by atoms with E-state index < -0.39 is 0 Å². The molecule has 0 bridgehead atoms.